The number of likely N-dealkylation sites (tertiary alicyclic amines) is 1. The molecule has 0 spiro atoms. The Kier molecular flexibility index (Phi) is 5.81. The van der Waals surface area contributed by atoms with Crippen LogP contribution in [-0.4, -0.2) is 36.3 Å². The maximum atomic E-state index is 12.3. The Hall–Kier alpha value is -2.04. The Morgan fingerprint density at radius 2 is 1.95 bits per heavy atom. The number of nitrogens with two attached hydrogens (primary N) is 1. The first-order valence-electron chi connectivity index (χ1n) is 7.92. The number of rotatable bonds is 5. The molecule has 5 heteroatoms. The van der Waals surface area contributed by atoms with Crippen molar-refractivity contribution in [1.82, 2.24) is 10.2 Å². The molecule has 5 nitrogen and oxygen atoms in total. The Balaban J connectivity index is 1.73. The number of para-hydroxylation sites is 1. The summed E-state index contributed by atoms with van der Waals surface area (Å²) in [6.07, 6.45) is 3.11. The molecule has 1 fully saturated rings. The van der Waals surface area contributed by atoms with Crippen LogP contribution < -0.4 is 11.1 Å². The van der Waals surface area contributed by atoms with Crippen LogP contribution in [0.4, 0.5) is 5.69 Å². The van der Waals surface area contributed by atoms with Crippen LogP contribution in [0.5, 0.6) is 0 Å². The second-order valence-corrected chi connectivity index (χ2v) is 5.96. The van der Waals surface area contributed by atoms with E-state index in [-0.39, 0.29) is 11.8 Å². The number of nitrogen functional groups attached to an aromatic ring is 1. The van der Waals surface area contributed by atoms with E-state index in [1.165, 1.54) is 6.92 Å². The number of benzene rings is 1. The minimum Gasteiger partial charge on any atom is -0.399 e. The molecule has 0 bridgehead atoms. The fraction of sp³-hybridized carbons (Fsp3) is 0.529. The lowest BCUT2D eigenvalue weighted by atomic mass is 9.96. The van der Waals surface area contributed by atoms with Gasteiger partial charge in [-0.05, 0) is 36.8 Å². The Labute approximate surface area is 131 Å². The molecule has 0 unspecified atom stereocenters. The number of nitrogens with zero attached hydrogens (tertiary/aromatic N) is 1. The third-order valence-electron chi connectivity index (χ3n) is 4.27. The smallest absolute Gasteiger partial charge is 0.222 e. The monoisotopic (exact) mass is 303 g/mol. The lowest BCUT2D eigenvalue weighted by Crippen LogP contribution is -2.41. The molecule has 0 saturated carbocycles. The third-order valence-corrected chi connectivity index (χ3v) is 4.27. The van der Waals surface area contributed by atoms with E-state index in [4.69, 9.17) is 5.73 Å². The summed E-state index contributed by atoms with van der Waals surface area (Å²) < 4.78 is 0. The van der Waals surface area contributed by atoms with Gasteiger partial charge in [-0.25, -0.2) is 0 Å². The summed E-state index contributed by atoms with van der Waals surface area (Å²) in [4.78, 5) is 25.1. The quantitative estimate of drug-likeness (QED) is 0.811. The van der Waals surface area contributed by atoms with E-state index < -0.39 is 0 Å². The van der Waals surface area contributed by atoms with Gasteiger partial charge in [0.2, 0.25) is 11.8 Å². The van der Waals surface area contributed by atoms with Gasteiger partial charge >= 0.3 is 0 Å². The lowest BCUT2D eigenvalue weighted by Gasteiger charge is -2.32. The van der Waals surface area contributed by atoms with Crippen molar-refractivity contribution in [1.29, 1.82) is 0 Å². The largest absolute Gasteiger partial charge is 0.399 e. The molecule has 0 aromatic heterocycles. The first-order valence-corrected chi connectivity index (χ1v) is 7.92. The van der Waals surface area contributed by atoms with Crippen molar-refractivity contribution in [2.75, 3.05) is 25.4 Å². The molecule has 1 heterocycles. The second kappa shape index (κ2) is 7.82. The summed E-state index contributed by atoms with van der Waals surface area (Å²) in [6.45, 7) is 3.83. The summed E-state index contributed by atoms with van der Waals surface area (Å²) >= 11 is 0. The van der Waals surface area contributed by atoms with Crippen molar-refractivity contribution in [2.45, 2.75) is 32.6 Å². The van der Waals surface area contributed by atoms with Crippen molar-refractivity contribution in [3.05, 3.63) is 29.8 Å². The van der Waals surface area contributed by atoms with Gasteiger partial charge in [-0.3, -0.25) is 9.59 Å². The first kappa shape index (κ1) is 16.3. The zero-order valence-corrected chi connectivity index (χ0v) is 13.2. The highest BCUT2D eigenvalue weighted by molar-refractivity contribution is 5.76. The van der Waals surface area contributed by atoms with Gasteiger partial charge in [0.15, 0.2) is 0 Å². The number of hydrogen-bond donors (Lipinski definition) is 2. The van der Waals surface area contributed by atoms with Gasteiger partial charge < -0.3 is 16.0 Å². The molecule has 1 aliphatic rings. The molecular formula is C17H25N3O2. The number of nitrogens with one attached hydrogen (secondary N) is 1. The van der Waals surface area contributed by atoms with Gasteiger partial charge in [-0.15, -0.1) is 0 Å². The summed E-state index contributed by atoms with van der Waals surface area (Å²) in [6, 6.07) is 7.69. The zero-order chi connectivity index (χ0) is 15.9. The minimum atomic E-state index is 0.0129. The fourth-order valence-electron chi connectivity index (χ4n) is 2.84. The number of carbonyl (C=O) groups excluding carboxylic acids is 2. The lowest BCUT2D eigenvalue weighted by molar-refractivity contribution is -0.132. The normalized spacial score (nSPS) is 15.6. The van der Waals surface area contributed by atoms with Gasteiger partial charge in [-0.1, -0.05) is 18.2 Å². The Morgan fingerprint density at radius 3 is 2.59 bits per heavy atom. The van der Waals surface area contributed by atoms with Crippen LogP contribution in [0.25, 0.3) is 0 Å². The standard InChI is InChI=1S/C17H25N3O2/c1-13(21)19-12-14-8-10-20(11-9-14)17(22)7-6-15-4-2-3-5-16(15)18/h2-5,14H,6-12,18H2,1H3,(H,19,21). The molecule has 0 radical (unpaired) electrons. The maximum Gasteiger partial charge on any atom is 0.222 e. The molecule has 1 saturated heterocycles. The van der Waals surface area contributed by atoms with Gasteiger partial charge in [-0.2, -0.15) is 0 Å². The summed E-state index contributed by atoms with van der Waals surface area (Å²) in [5.41, 5.74) is 7.69. The highest BCUT2D eigenvalue weighted by Crippen LogP contribution is 2.18. The van der Waals surface area contributed by atoms with Crippen LogP contribution in [0.2, 0.25) is 0 Å². The van der Waals surface area contributed by atoms with E-state index in [0.29, 0.717) is 18.8 Å². The predicted octanol–water partition coefficient (Wildman–Crippen LogP) is 1.58. The number of aryl methyl sites for hydroxylation is 1. The number of carbonyl (C=O) groups is 2. The van der Waals surface area contributed by atoms with Crippen molar-refractivity contribution in [3.63, 3.8) is 0 Å². The minimum absolute atomic E-state index is 0.0129. The van der Waals surface area contributed by atoms with E-state index in [9.17, 15) is 9.59 Å². The van der Waals surface area contributed by atoms with Gasteiger partial charge in [0.1, 0.15) is 0 Å². The van der Waals surface area contributed by atoms with Gasteiger partial charge in [0.25, 0.3) is 0 Å². The Morgan fingerprint density at radius 1 is 1.27 bits per heavy atom. The summed E-state index contributed by atoms with van der Waals surface area (Å²) in [5, 5.41) is 2.86. The molecule has 120 valence electrons. The van der Waals surface area contributed by atoms with Crippen molar-refractivity contribution in [3.8, 4) is 0 Å². The van der Waals surface area contributed by atoms with E-state index >= 15 is 0 Å². The average Bonchev–Trinajstić information content (AvgIpc) is 2.52. The molecule has 3 N–H and O–H groups in total. The highest BCUT2D eigenvalue weighted by atomic mass is 16.2. The maximum absolute atomic E-state index is 12.3. The van der Waals surface area contributed by atoms with E-state index in [2.05, 4.69) is 5.32 Å². The molecule has 1 aromatic rings. The number of hydrogen-bond acceptors (Lipinski definition) is 3. The molecule has 2 amide bonds. The van der Waals surface area contributed by atoms with E-state index in [1.807, 2.05) is 29.2 Å². The van der Waals surface area contributed by atoms with E-state index in [0.717, 1.165) is 43.7 Å². The van der Waals surface area contributed by atoms with Crippen molar-refractivity contribution < 1.29 is 9.59 Å². The molecule has 0 atom stereocenters. The number of piperidine rings is 1. The molecule has 1 aromatic carbocycles. The van der Waals surface area contributed by atoms with E-state index in [1.54, 1.807) is 0 Å². The van der Waals surface area contributed by atoms with Crippen LogP contribution in [0.3, 0.4) is 0 Å². The third kappa shape index (κ3) is 4.76. The van der Waals surface area contributed by atoms with Crippen LogP contribution >= 0.6 is 0 Å². The van der Waals surface area contributed by atoms with Crippen LogP contribution in [-0.2, 0) is 16.0 Å². The number of amides is 2. The second-order valence-electron chi connectivity index (χ2n) is 5.96. The van der Waals surface area contributed by atoms with Crippen LogP contribution in [0.15, 0.2) is 24.3 Å². The zero-order valence-electron chi connectivity index (χ0n) is 13.2. The van der Waals surface area contributed by atoms with Crippen LogP contribution in [0.1, 0.15) is 31.7 Å². The van der Waals surface area contributed by atoms with Crippen molar-refractivity contribution >= 4 is 17.5 Å². The molecule has 0 aliphatic carbocycles. The topological polar surface area (TPSA) is 75.4 Å². The summed E-state index contributed by atoms with van der Waals surface area (Å²) in [5.74, 6) is 0.693. The van der Waals surface area contributed by atoms with Gasteiger partial charge in [0.05, 0.1) is 0 Å². The molecule has 1 aliphatic heterocycles. The van der Waals surface area contributed by atoms with Crippen molar-refractivity contribution in [2.24, 2.45) is 5.92 Å². The molecular weight excluding hydrogens is 278 g/mol. The van der Waals surface area contributed by atoms with Gasteiger partial charge in [0, 0.05) is 38.7 Å². The predicted molar refractivity (Wildman–Crippen MR) is 87.2 cm³/mol. The Bertz CT molecular complexity index is 522. The van der Waals surface area contributed by atoms with Crippen LogP contribution in [0, 0.1) is 5.92 Å². The first-order chi connectivity index (χ1) is 10.6. The molecule has 2 rings (SSSR count). The summed E-state index contributed by atoms with van der Waals surface area (Å²) in [7, 11) is 0. The fourth-order valence-corrected chi connectivity index (χ4v) is 2.84. The number of anilines is 1. The average molecular weight is 303 g/mol. The highest BCUT2D eigenvalue weighted by Gasteiger charge is 2.22. The molecule has 22 heavy (non-hydrogen) atoms. The SMILES string of the molecule is CC(=O)NCC1CCN(C(=O)CCc2ccccc2N)CC1.